The molecule has 68 valence electrons. The monoisotopic (exact) mass is 185 g/mol. The van der Waals surface area contributed by atoms with Crippen LogP contribution in [0.1, 0.15) is 29.7 Å². The lowest BCUT2D eigenvalue weighted by molar-refractivity contribution is 0.808. The summed E-state index contributed by atoms with van der Waals surface area (Å²) in [6.45, 7) is 6.25. The maximum absolute atomic E-state index is 5.78. The fourth-order valence-corrected chi connectivity index (χ4v) is 1.27. The van der Waals surface area contributed by atoms with E-state index >= 15 is 0 Å². The van der Waals surface area contributed by atoms with Crippen molar-refractivity contribution in [1.82, 2.24) is 0 Å². The van der Waals surface area contributed by atoms with E-state index in [4.69, 9.17) is 5.73 Å². The standard InChI is InChI=1S/C10H15N.ClH/c1-7-5-4-6-10(8(7)2)9(3)11;/h4-6,9H,11H2,1-3H3;1H/t9-;/m1./s1. The van der Waals surface area contributed by atoms with Gasteiger partial charge >= 0.3 is 0 Å². The van der Waals surface area contributed by atoms with E-state index in [-0.39, 0.29) is 18.4 Å². The van der Waals surface area contributed by atoms with Crippen molar-refractivity contribution in [1.29, 1.82) is 0 Å². The second kappa shape index (κ2) is 4.48. The van der Waals surface area contributed by atoms with Gasteiger partial charge in [0.05, 0.1) is 0 Å². The lowest BCUT2D eigenvalue weighted by Gasteiger charge is -2.10. The molecule has 0 fully saturated rings. The first-order chi connectivity index (χ1) is 5.13. The van der Waals surface area contributed by atoms with Crippen molar-refractivity contribution in [2.24, 2.45) is 5.73 Å². The van der Waals surface area contributed by atoms with Gasteiger partial charge in [0, 0.05) is 6.04 Å². The molecule has 0 bridgehead atoms. The minimum absolute atomic E-state index is 0. The Morgan fingerprint density at radius 1 is 1.25 bits per heavy atom. The van der Waals surface area contributed by atoms with Gasteiger partial charge in [-0.2, -0.15) is 0 Å². The molecule has 0 saturated heterocycles. The highest BCUT2D eigenvalue weighted by atomic mass is 35.5. The van der Waals surface area contributed by atoms with Gasteiger partial charge in [0.15, 0.2) is 0 Å². The Balaban J connectivity index is 0.00000121. The minimum atomic E-state index is 0. The number of hydrogen-bond acceptors (Lipinski definition) is 1. The normalized spacial score (nSPS) is 12.0. The molecular weight excluding hydrogens is 170 g/mol. The Kier molecular flexibility index (Phi) is 4.29. The number of hydrogen-bond donors (Lipinski definition) is 1. The quantitative estimate of drug-likeness (QED) is 0.716. The Bertz CT molecular complexity index is 256. The molecular formula is C10H16ClN. The van der Waals surface area contributed by atoms with Gasteiger partial charge in [-0.1, -0.05) is 18.2 Å². The van der Waals surface area contributed by atoms with Crippen LogP contribution in [0.5, 0.6) is 0 Å². The average Bonchev–Trinajstić information content (AvgIpc) is 1.94. The predicted octanol–water partition coefficient (Wildman–Crippen LogP) is 2.74. The number of halogens is 1. The molecule has 1 nitrogen and oxygen atoms in total. The van der Waals surface area contributed by atoms with Crippen molar-refractivity contribution in [2.75, 3.05) is 0 Å². The second-order valence-electron chi connectivity index (χ2n) is 3.08. The zero-order valence-electron chi connectivity index (χ0n) is 7.79. The molecule has 0 unspecified atom stereocenters. The largest absolute Gasteiger partial charge is 0.324 e. The van der Waals surface area contributed by atoms with Crippen molar-refractivity contribution in [3.63, 3.8) is 0 Å². The van der Waals surface area contributed by atoms with E-state index in [0.29, 0.717) is 0 Å². The molecule has 0 spiro atoms. The van der Waals surface area contributed by atoms with Crippen LogP contribution in [0, 0.1) is 13.8 Å². The highest BCUT2D eigenvalue weighted by Gasteiger charge is 2.03. The number of aryl methyl sites for hydroxylation is 1. The number of benzene rings is 1. The molecule has 2 heteroatoms. The molecule has 2 N–H and O–H groups in total. The van der Waals surface area contributed by atoms with E-state index in [2.05, 4.69) is 32.0 Å². The Labute approximate surface area is 80.4 Å². The van der Waals surface area contributed by atoms with Crippen molar-refractivity contribution >= 4 is 12.4 Å². The van der Waals surface area contributed by atoms with Crippen molar-refractivity contribution < 1.29 is 0 Å². The van der Waals surface area contributed by atoms with Gasteiger partial charge in [0.2, 0.25) is 0 Å². The summed E-state index contributed by atoms with van der Waals surface area (Å²) in [5.74, 6) is 0. The molecule has 0 aliphatic carbocycles. The van der Waals surface area contributed by atoms with E-state index in [9.17, 15) is 0 Å². The third-order valence-corrected chi connectivity index (χ3v) is 2.14. The number of nitrogens with two attached hydrogens (primary N) is 1. The topological polar surface area (TPSA) is 26.0 Å². The summed E-state index contributed by atoms with van der Waals surface area (Å²) in [7, 11) is 0. The highest BCUT2D eigenvalue weighted by Crippen LogP contribution is 2.17. The SMILES string of the molecule is Cc1cccc([C@@H](C)N)c1C.Cl. The highest BCUT2D eigenvalue weighted by molar-refractivity contribution is 5.85. The van der Waals surface area contributed by atoms with Gasteiger partial charge in [-0.05, 0) is 37.5 Å². The second-order valence-corrected chi connectivity index (χ2v) is 3.08. The molecule has 0 aliphatic heterocycles. The average molecular weight is 186 g/mol. The van der Waals surface area contributed by atoms with Crippen LogP contribution in [-0.4, -0.2) is 0 Å². The Morgan fingerprint density at radius 2 is 1.83 bits per heavy atom. The fraction of sp³-hybridized carbons (Fsp3) is 0.400. The first-order valence-corrected chi connectivity index (χ1v) is 3.94. The van der Waals surface area contributed by atoms with Gasteiger partial charge in [-0.15, -0.1) is 12.4 Å². The third kappa shape index (κ3) is 2.23. The Hall–Kier alpha value is -0.530. The van der Waals surface area contributed by atoms with E-state index in [1.807, 2.05) is 6.92 Å². The molecule has 12 heavy (non-hydrogen) atoms. The van der Waals surface area contributed by atoms with Crippen LogP contribution in [0.2, 0.25) is 0 Å². The van der Waals surface area contributed by atoms with E-state index in [1.165, 1.54) is 16.7 Å². The first-order valence-electron chi connectivity index (χ1n) is 3.94. The van der Waals surface area contributed by atoms with Crippen molar-refractivity contribution in [3.8, 4) is 0 Å². The van der Waals surface area contributed by atoms with Crippen LogP contribution in [0.3, 0.4) is 0 Å². The summed E-state index contributed by atoms with van der Waals surface area (Å²) in [5, 5.41) is 0. The van der Waals surface area contributed by atoms with Gasteiger partial charge in [-0.3, -0.25) is 0 Å². The molecule has 1 atom stereocenters. The number of rotatable bonds is 1. The summed E-state index contributed by atoms with van der Waals surface area (Å²) in [6, 6.07) is 6.41. The smallest absolute Gasteiger partial charge is 0.0268 e. The molecule has 0 amide bonds. The van der Waals surface area contributed by atoms with Gasteiger partial charge in [-0.25, -0.2) is 0 Å². The molecule has 0 radical (unpaired) electrons. The maximum Gasteiger partial charge on any atom is 0.0268 e. The van der Waals surface area contributed by atoms with Crippen molar-refractivity contribution in [2.45, 2.75) is 26.8 Å². The predicted molar refractivity (Wildman–Crippen MR) is 55.8 cm³/mol. The summed E-state index contributed by atoms with van der Waals surface area (Å²) >= 11 is 0. The zero-order valence-corrected chi connectivity index (χ0v) is 8.61. The van der Waals surface area contributed by atoms with Crippen LogP contribution in [0.4, 0.5) is 0 Å². The van der Waals surface area contributed by atoms with Crippen LogP contribution in [0.15, 0.2) is 18.2 Å². The van der Waals surface area contributed by atoms with Crippen LogP contribution in [-0.2, 0) is 0 Å². The Morgan fingerprint density at radius 3 is 2.25 bits per heavy atom. The third-order valence-electron chi connectivity index (χ3n) is 2.14. The summed E-state index contributed by atoms with van der Waals surface area (Å²) < 4.78 is 0. The van der Waals surface area contributed by atoms with Gasteiger partial charge in [0.1, 0.15) is 0 Å². The van der Waals surface area contributed by atoms with Gasteiger partial charge < -0.3 is 5.73 Å². The van der Waals surface area contributed by atoms with Gasteiger partial charge in [0.25, 0.3) is 0 Å². The van der Waals surface area contributed by atoms with Crippen molar-refractivity contribution in [3.05, 3.63) is 34.9 Å². The van der Waals surface area contributed by atoms with Crippen LogP contribution < -0.4 is 5.73 Å². The lowest BCUT2D eigenvalue weighted by atomic mass is 9.99. The molecule has 0 aliphatic rings. The maximum atomic E-state index is 5.78. The molecule has 1 aromatic carbocycles. The lowest BCUT2D eigenvalue weighted by Crippen LogP contribution is -2.07. The fourth-order valence-electron chi connectivity index (χ4n) is 1.27. The van der Waals surface area contributed by atoms with Crippen LogP contribution >= 0.6 is 12.4 Å². The molecule has 1 rings (SSSR count). The summed E-state index contributed by atoms with van der Waals surface area (Å²) in [4.78, 5) is 0. The molecule has 0 heterocycles. The molecule has 1 aromatic rings. The first kappa shape index (κ1) is 11.5. The minimum Gasteiger partial charge on any atom is -0.324 e. The molecule has 0 saturated carbocycles. The molecule has 0 aromatic heterocycles. The van der Waals surface area contributed by atoms with E-state index < -0.39 is 0 Å². The van der Waals surface area contributed by atoms with E-state index in [0.717, 1.165) is 0 Å². The zero-order chi connectivity index (χ0) is 8.43. The van der Waals surface area contributed by atoms with E-state index in [1.54, 1.807) is 0 Å². The van der Waals surface area contributed by atoms with Crippen LogP contribution in [0.25, 0.3) is 0 Å². The summed E-state index contributed by atoms with van der Waals surface area (Å²) in [6.07, 6.45) is 0. The summed E-state index contributed by atoms with van der Waals surface area (Å²) in [5.41, 5.74) is 9.68.